The van der Waals surface area contributed by atoms with Crippen molar-refractivity contribution in [2.75, 3.05) is 6.61 Å². The van der Waals surface area contributed by atoms with Gasteiger partial charge in [-0.15, -0.1) is 0 Å². The molecule has 0 radical (unpaired) electrons. The van der Waals surface area contributed by atoms with E-state index >= 15 is 0 Å². The van der Waals surface area contributed by atoms with Crippen LogP contribution in [0.15, 0.2) is 60.7 Å². The molecule has 1 N–H and O–H groups in total. The third-order valence-electron chi connectivity index (χ3n) is 6.53. The number of benzene rings is 2. The zero-order chi connectivity index (χ0) is 23.4. The highest BCUT2D eigenvalue weighted by molar-refractivity contribution is 5.95. The van der Waals surface area contributed by atoms with Crippen LogP contribution in [0.25, 0.3) is 16.9 Å². The quantitative estimate of drug-likeness (QED) is 0.479. The van der Waals surface area contributed by atoms with Crippen molar-refractivity contribution in [1.29, 1.82) is 0 Å². The van der Waals surface area contributed by atoms with Gasteiger partial charge in [0, 0.05) is 23.0 Å². The van der Waals surface area contributed by atoms with Crippen LogP contribution in [0.1, 0.15) is 65.9 Å². The summed E-state index contributed by atoms with van der Waals surface area (Å²) in [4.78, 5) is 25.6. The van der Waals surface area contributed by atoms with E-state index in [4.69, 9.17) is 4.74 Å². The van der Waals surface area contributed by atoms with Gasteiger partial charge in [-0.1, -0.05) is 43.3 Å². The van der Waals surface area contributed by atoms with Crippen LogP contribution in [0.5, 0.6) is 0 Å². The van der Waals surface area contributed by atoms with Gasteiger partial charge in [0.25, 0.3) is 5.91 Å². The maximum atomic E-state index is 13.0. The van der Waals surface area contributed by atoms with Crippen LogP contribution in [0.2, 0.25) is 0 Å². The Labute approximate surface area is 195 Å². The van der Waals surface area contributed by atoms with Crippen molar-refractivity contribution < 1.29 is 14.3 Å². The summed E-state index contributed by atoms with van der Waals surface area (Å²) in [5.74, 6) is 0.350. The number of nitrogens with zero attached hydrogens (tertiary/aromatic N) is 1. The monoisotopic (exact) mass is 444 g/mol. The molecule has 0 aliphatic heterocycles. The Kier molecular flexibility index (Phi) is 6.97. The van der Waals surface area contributed by atoms with Crippen molar-refractivity contribution in [3.63, 3.8) is 0 Å². The second kappa shape index (κ2) is 10.1. The summed E-state index contributed by atoms with van der Waals surface area (Å²) < 4.78 is 7.31. The van der Waals surface area contributed by atoms with Crippen LogP contribution in [0, 0.1) is 12.8 Å². The van der Waals surface area contributed by atoms with Gasteiger partial charge in [0.2, 0.25) is 0 Å². The minimum atomic E-state index is -0.341. The standard InChI is InChI=1S/C28H32N2O3/c1-4-33-28(32)25-18-26(21-9-6-5-7-10-21)30(20(25)3)24-12-8-11-22(17-24)27(31)29-23-15-13-19(2)14-16-23/h5-12,17-19,23H,4,13-16H2,1-3H3,(H,29,31). The van der Waals surface area contributed by atoms with E-state index < -0.39 is 0 Å². The van der Waals surface area contributed by atoms with Gasteiger partial charge in [-0.05, 0) is 75.3 Å². The Morgan fingerprint density at radius 3 is 2.42 bits per heavy atom. The van der Waals surface area contributed by atoms with Crippen LogP contribution in [-0.4, -0.2) is 29.1 Å². The maximum absolute atomic E-state index is 13.0. The molecule has 4 rings (SSSR count). The predicted octanol–water partition coefficient (Wildman–Crippen LogP) is 5.94. The average Bonchev–Trinajstić information content (AvgIpc) is 3.18. The molecule has 1 aliphatic carbocycles. The van der Waals surface area contributed by atoms with E-state index in [2.05, 4.69) is 12.2 Å². The van der Waals surface area contributed by atoms with Gasteiger partial charge in [-0.3, -0.25) is 4.79 Å². The molecule has 172 valence electrons. The molecule has 1 aromatic heterocycles. The summed E-state index contributed by atoms with van der Waals surface area (Å²) in [5.41, 5.74) is 4.65. The van der Waals surface area contributed by atoms with Gasteiger partial charge >= 0.3 is 5.97 Å². The van der Waals surface area contributed by atoms with Crippen molar-refractivity contribution in [2.24, 2.45) is 5.92 Å². The second-order valence-electron chi connectivity index (χ2n) is 8.93. The normalized spacial score (nSPS) is 18.0. The Balaban J connectivity index is 1.69. The first-order chi connectivity index (χ1) is 16.0. The molecule has 1 heterocycles. The van der Waals surface area contributed by atoms with Gasteiger partial charge in [0.15, 0.2) is 0 Å². The summed E-state index contributed by atoms with van der Waals surface area (Å²) in [5, 5.41) is 3.21. The molecule has 0 saturated heterocycles. The van der Waals surface area contributed by atoms with Crippen molar-refractivity contribution in [2.45, 2.75) is 52.5 Å². The predicted molar refractivity (Wildman–Crippen MR) is 131 cm³/mol. The van der Waals surface area contributed by atoms with E-state index in [1.165, 1.54) is 0 Å². The van der Waals surface area contributed by atoms with Gasteiger partial charge in [0.05, 0.1) is 17.9 Å². The van der Waals surface area contributed by atoms with E-state index in [9.17, 15) is 9.59 Å². The molecule has 1 saturated carbocycles. The minimum absolute atomic E-state index is 0.0481. The summed E-state index contributed by atoms with van der Waals surface area (Å²) in [6.45, 7) is 6.31. The van der Waals surface area contributed by atoms with Crippen LogP contribution >= 0.6 is 0 Å². The van der Waals surface area contributed by atoms with Crippen molar-refractivity contribution in [1.82, 2.24) is 9.88 Å². The van der Waals surface area contributed by atoms with Gasteiger partial charge in [-0.25, -0.2) is 4.79 Å². The van der Waals surface area contributed by atoms with E-state index in [0.29, 0.717) is 17.7 Å². The highest BCUT2D eigenvalue weighted by Crippen LogP contribution is 2.30. The number of aromatic nitrogens is 1. The number of hydrogen-bond acceptors (Lipinski definition) is 3. The molecular formula is C28H32N2O3. The van der Waals surface area contributed by atoms with Crippen LogP contribution in [0.3, 0.4) is 0 Å². The lowest BCUT2D eigenvalue weighted by atomic mass is 9.87. The summed E-state index contributed by atoms with van der Waals surface area (Å²) in [6, 6.07) is 19.7. The number of rotatable bonds is 6. The number of amides is 1. The van der Waals surface area contributed by atoms with Crippen LogP contribution < -0.4 is 5.32 Å². The molecule has 3 aromatic rings. The lowest BCUT2D eigenvalue weighted by Crippen LogP contribution is -2.37. The second-order valence-corrected chi connectivity index (χ2v) is 8.93. The first kappa shape index (κ1) is 22.8. The minimum Gasteiger partial charge on any atom is -0.462 e. The molecule has 1 amide bonds. The fourth-order valence-corrected chi connectivity index (χ4v) is 4.64. The maximum Gasteiger partial charge on any atom is 0.339 e. The summed E-state index contributed by atoms with van der Waals surface area (Å²) in [7, 11) is 0. The van der Waals surface area contributed by atoms with Gasteiger partial charge in [0.1, 0.15) is 0 Å². The van der Waals surface area contributed by atoms with E-state index in [1.807, 2.05) is 72.2 Å². The third kappa shape index (κ3) is 5.03. The summed E-state index contributed by atoms with van der Waals surface area (Å²) in [6.07, 6.45) is 4.38. The number of ether oxygens (including phenoxy) is 1. The van der Waals surface area contributed by atoms with Crippen molar-refractivity contribution >= 4 is 11.9 Å². The molecule has 33 heavy (non-hydrogen) atoms. The topological polar surface area (TPSA) is 60.3 Å². The highest BCUT2D eigenvalue weighted by atomic mass is 16.5. The largest absolute Gasteiger partial charge is 0.462 e. The highest BCUT2D eigenvalue weighted by Gasteiger charge is 2.23. The molecule has 0 spiro atoms. The Bertz CT molecular complexity index is 1130. The molecule has 1 fully saturated rings. The Morgan fingerprint density at radius 2 is 1.73 bits per heavy atom. The third-order valence-corrected chi connectivity index (χ3v) is 6.53. The van der Waals surface area contributed by atoms with E-state index in [1.54, 1.807) is 6.92 Å². The lowest BCUT2D eigenvalue weighted by Gasteiger charge is -2.27. The number of nitrogens with one attached hydrogen (secondary N) is 1. The molecule has 2 aromatic carbocycles. The molecule has 0 atom stereocenters. The van der Waals surface area contributed by atoms with Crippen molar-refractivity contribution in [3.8, 4) is 16.9 Å². The van der Waals surface area contributed by atoms with Crippen LogP contribution in [0.4, 0.5) is 0 Å². The zero-order valence-electron chi connectivity index (χ0n) is 19.6. The van der Waals surface area contributed by atoms with E-state index in [0.717, 1.165) is 54.2 Å². The lowest BCUT2D eigenvalue weighted by molar-refractivity contribution is 0.0525. The first-order valence-corrected chi connectivity index (χ1v) is 11.8. The fourth-order valence-electron chi connectivity index (χ4n) is 4.64. The summed E-state index contributed by atoms with van der Waals surface area (Å²) >= 11 is 0. The zero-order valence-corrected chi connectivity index (χ0v) is 19.6. The molecular weight excluding hydrogens is 412 g/mol. The molecule has 5 heteroatoms. The van der Waals surface area contributed by atoms with Crippen LogP contribution in [-0.2, 0) is 4.74 Å². The number of esters is 1. The fraction of sp³-hybridized carbons (Fsp3) is 0.357. The number of carbonyl (C=O) groups is 2. The molecule has 0 unspecified atom stereocenters. The van der Waals surface area contributed by atoms with E-state index in [-0.39, 0.29) is 17.9 Å². The number of hydrogen-bond donors (Lipinski definition) is 1. The number of carbonyl (C=O) groups excluding carboxylic acids is 2. The van der Waals surface area contributed by atoms with Gasteiger partial charge in [-0.2, -0.15) is 0 Å². The molecule has 0 bridgehead atoms. The average molecular weight is 445 g/mol. The molecule has 1 aliphatic rings. The SMILES string of the molecule is CCOC(=O)c1cc(-c2ccccc2)n(-c2cccc(C(=O)NC3CCC(C)CC3)c2)c1C. The van der Waals surface area contributed by atoms with Gasteiger partial charge < -0.3 is 14.6 Å². The van der Waals surface area contributed by atoms with Crippen molar-refractivity contribution in [3.05, 3.63) is 77.5 Å². The molecule has 5 nitrogen and oxygen atoms in total. The Hall–Kier alpha value is -3.34. The smallest absolute Gasteiger partial charge is 0.339 e. The Morgan fingerprint density at radius 1 is 1.00 bits per heavy atom. The first-order valence-electron chi connectivity index (χ1n) is 11.8.